The van der Waals surface area contributed by atoms with Gasteiger partial charge in [0.15, 0.2) is 0 Å². The molecule has 0 radical (unpaired) electrons. The van der Waals surface area contributed by atoms with Crippen LogP contribution in [0, 0.1) is 5.82 Å². The van der Waals surface area contributed by atoms with Gasteiger partial charge in [-0.05, 0) is 36.2 Å². The number of sulfonamides is 1. The van der Waals surface area contributed by atoms with E-state index in [9.17, 15) is 12.8 Å². The first-order chi connectivity index (χ1) is 9.49. The molecule has 0 saturated heterocycles. The van der Waals surface area contributed by atoms with E-state index in [2.05, 4.69) is 4.72 Å². The van der Waals surface area contributed by atoms with Gasteiger partial charge in [-0.3, -0.25) is 0 Å². The number of benzene rings is 2. The van der Waals surface area contributed by atoms with Crippen molar-refractivity contribution in [2.75, 3.05) is 12.3 Å². The molecule has 0 aromatic heterocycles. The lowest BCUT2D eigenvalue weighted by molar-refractivity contribution is 0.582. The van der Waals surface area contributed by atoms with E-state index in [0.29, 0.717) is 6.42 Å². The molecule has 0 heterocycles. The molecule has 0 saturated carbocycles. The molecule has 0 fully saturated rings. The molecule has 0 aliphatic heterocycles. The zero-order valence-corrected chi connectivity index (χ0v) is 11.5. The van der Waals surface area contributed by atoms with Crippen LogP contribution < -0.4 is 10.5 Å². The predicted molar refractivity (Wildman–Crippen MR) is 76.1 cm³/mol. The van der Waals surface area contributed by atoms with Gasteiger partial charge in [0.1, 0.15) is 10.7 Å². The molecule has 0 unspecified atom stereocenters. The quantitative estimate of drug-likeness (QED) is 0.828. The molecule has 4 nitrogen and oxygen atoms in total. The first-order valence-electron chi connectivity index (χ1n) is 6.08. The largest absolute Gasteiger partial charge is 0.398 e. The Morgan fingerprint density at radius 1 is 1.10 bits per heavy atom. The van der Waals surface area contributed by atoms with Gasteiger partial charge in [-0.2, -0.15) is 0 Å². The van der Waals surface area contributed by atoms with Crippen LogP contribution in [-0.4, -0.2) is 15.0 Å². The highest BCUT2D eigenvalue weighted by molar-refractivity contribution is 7.89. The van der Waals surface area contributed by atoms with Crippen molar-refractivity contribution < 1.29 is 12.8 Å². The number of rotatable bonds is 5. The van der Waals surface area contributed by atoms with Gasteiger partial charge in [0.25, 0.3) is 0 Å². The number of para-hydroxylation sites is 1. The van der Waals surface area contributed by atoms with Gasteiger partial charge in [-0.25, -0.2) is 17.5 Å². The van der Waals surface area contributed by atoms with Crippen LogP contribution in [0.25, 0.3) is 0 Å². The molecular formula is C14H15FN2O2S. The lowest BCUT2D eigenvalue weighted by Gasteiger charge is -2.08. The van der Waals surface area contributed by atoms with Crippen LogP contribution in [0.1, 0.15) is 5.56 Å². The van der Waals surface area contributed by atoms with Gasteiger partial charge >= 0.3 is 0 Å². The van der Waals surface area contributed by atoms with Crippen molar-refractivity contribution >= 4 is 15.7 Å². The third-order valence-electron chi connectivity index (χ3n) is 2.80. The second kappa shape index (κ2) is 6.02. The van der Waals surface area contributed by atoms with E-state index in [0.717, 1.165) is 5.56 Å². The highest BCUT2D eigenvalue weighted by Crippen LogP contribution is 2.16. The van der Waals surface area contributed by atoms with Gasteiger partial charge in [0.2, 0.25) is 10.0 Å². The SMILES string of the molecule is Nc1ccccc1S(=O)(=O)NCCc1cccc(F)c1. The molecule has 2 aromatic carbocycles. The number of nitrogens with two attached hydrogens (primary N) is 1. The summed E-state index contributed by atoms with van der Waals surface area (Å²) in [4.78, 5) is 0.0549. The Hall–Kier alpha value is -1.92. The average Bonchev–Trinajstić information content (AvgIpc) is 2.39. The number of nitrogen functional groups attached to an aromatic ring is 1. The van der Waals surface area contributed by atoms with Crippen LogP contribution in [-0.2, 0) is 16.4 Å². The molecule has 2 aromatic rings. The second-order valence-electron chi connectivity index (χ2n) is 4.32. The molecule has 0 bridgehead atoms. The van der Waals surface area contributed by atoms with Crippen LogP contribution >= 0.6 is 0 Å². The van der Waals surface area contributed by atoms with E-state index in [1.165, 1.54) is 24.3 Å². The minimum atomic E-state index is -3.64. The minimum absolute atomic E-state index is 0.0549. The van der Waals surface area contributed by atoms with Crippen LogP contribution in [0.4, 0.5) is 10.1 Å². The monoisotopic (exact) mass is 294 g/mol. The van der Waals surface area contributed by atoms with E-state index < -0.39 is 10.0 Å². The van der Waals surface area contributed by atoms with Crippen molar-refractivity contribution in [1.29, 1.82) is 0 Å². The molecule has 3 N–H and O–H groups in total. The van der Waals surface area contributed by atoms with Gasteiger partial charge in [-0.15, -0.1) is 0 Å². The van der Waals surface area contributed by atoms with Crippen molar-refractivity contribution in [2.45, 2.75) is 11.3 Å². The summed E-state index contributed by atoms with van der Waals surface area (Å²) in [6.07, 6.45) is 0.406. The van der Waals surface area contributed by atoms with Crippen LogP contribution in [0.2, 0.25) is 0 Å². The Bertz CT molecular complexity index is 702. The average molecular weight is 294 g/mol. The fourth-order valence-electron chi connectivity index (χ4n) is 1.83. The van der Waals surface area contributed by atoms with Gasteiger partial charge in [0.05, 0.1) is 5.69 Å². The van der Waals surface area contributed by atoms with Crippen molar-refractivity contribution in [3.05, 3.63) is 59.9 Å². The summed E-state index contributed by atoms with van der Waals surface area (Å²) >= 11 is 0. The molecule has 6 heteroatoms. The summed E-state index contributed by atoms with van der Waals surface area (Å²) < 4.78 is 39.5. The first kappa shape index (κ1) is 14.5. The third kappa shape index (κ3) is 3.55. The van der Waals surface area contributed by atoms with Crippen molar-refractivity contribution in [3.8, 4) is 0 Å². The maximum absolute atomic E-state index is 13.0. The molecule has 20 heavy (non-hydrogen) atoms. The molecule has 0 amide bonds. The Balaban J connectivity index is 2.02. The molecule has 0 aliphatic rings. The number of nitrogens with one attached hydrogen (secondary N) is 1. The number of hydrogen-bond acceptors (Lipinski definition) is 3. The molecule has 0 atom stereocenters. The fraction of sp³-hybridized carbons (Fsp3) is 0.143. The van der Waals surface area contributed by atoms with Crippen molar-refractivity contribution in [1.82, 2.24) is 4.72 Å². The Labute approximate surface area is 117 Å². The van der Waals surface area contributed by atoms with Crippen LogP contribution in [0.5, 0.6) is 0 Å². The van der Waals surface area contributed by atoms with Gasteiger partial charge < -0.3 is 5.73 Å². The maximum atomic E-state index is 13.0. The number of halogens is 1. The molecule has 0 aliphatic carbocycles. The molecule has 0 spiro atoms. The highest BCUT2D eigenvalue weighted by Gasteiger charge is 2.15. The number of hydrogen-bond donors (Lipinski definition) is 2. The molecule has 2 rings (SSSR count). The van der Waals surface area contributed by atoms with Crippen molar-refractivity contribution in [3.63, 3.8) is 0 Å². The summed E-state index contributed by atoms with van der Waals surface area (Å²) in [5.41, 5.74) is 6.57. The summed E-state index contributed by atoms with van der Waals surface area (Å²) in [7, 11) is -3.64. The first-order valence-corrected chi connectivity index (χ1v) is 7.56. The fourth-order valence-corrected chi connectivity index (χ4v) is 2.99. The second-order valence-corrected chi connectivity index (χ2v) is 6.05. The summed E-state index contributed by atoms with van der Waals surface area (Å²) in [6.45, 7) is 0.181. The molecule has 106 valence electrons. The number of anilines is 1. The Kier molecular flexibility index (Phi) is 4.36. The third-order valence-corrected chi connectivity index (χ3v) is 4.34. The Morgan fingerprint density at radius 2 is 1.85 bits per heavy atom. The summed E-state index contributed by atoms with van der Waals surface area (Å²) in [5.74, 6) is -0.335. The van der Waals surface area contributed by atoms with E-state index in [-0.39, 0.29) is 22.9 Å². The Morgan fingerprint density at radius 3 is 2.55 bits per heavy atom. The van der Waals surface area contributed by atoms with Gasteiger partial charge in [-0.1, -0.05) is 24.3 Å². The van der Waals surface area contributed by atoms with Crippen LogP contribution in [0.3, 0.4) is 0 Å². The smallest absolute Gasteiger partial charge is 0.242 e. The van der Waals surface area contributed by atoms with E-state index in [1.807, 2.05) is 0 Å². The van der Waals surface area contributed by atoms with Crippen LogP contribution in [0.15, 0.2) is 53.4 Å². The highest BCUT2D eigenvalue weighted by atomic mass is 32.2. The van der Waals surface area contributed by atoms with Gasteiger partial charge in [0, 0.05) is 6.54 Å². The lowest BCUT2D eigenvalue weighted by Crippen LogP contribution is -2.26. The predicted octanol–water partition coefficient (Wildman–Crippen LogP) is 1.93. The standard InChI is InChI=1S/C14H15FN2O2S/c15-12-5-3-4-11(10-12)8-9-17-20(18,19)14-7-2-1-6-13(14)16/h1-7,10,17H,8-9,16H2. The van der Waals surface area contributed by atoms with E-state index >= 15 is 0 Å². The van der Waals surface area contributed by atoms with Crippen molar-refractivity contribution in [2.24, 2.45) is 0 Å². The van der Waals surface area contributed by atoms with E-state index in [1.54, 1.807) is 24.3 Å². The zero-order chi connectivity index (χ0) is 14.6. The summed E-state index contributed by atoms with van der Waals surface area (Å²) in [5, 5.41) is 0. The molecular weight excluding hydrogens is 279 g/mol. The maximum Gasteiger partial charge on any atom is 0.242 e. The summed E-state index contributed by atoms with van der Waals surface area (Å²) in [6, 6.07) is 12.3. The normalized spacial score (nSPS) is 11.4. The lowest BCUT2D eigenvalue weighted by atomic mass is 10.1. The topological polar surface area (TPSA) is 72.2 Å². The van der Waals surface area contributed by atoms with E-state index in [4.69, 9.17) is 5.73 Å². The minimum Gasteiger partial charge on any atom is -0.398 e. The zero-order valence-electron chi connectivity index (χ0n) is 10.7.